The van der Waals surface area contributed by atoms with Gasteiger partial charge in [-0.25, -0.2) is 0 Å². The number of nitrogens with zero attached hydrogens (tertiary/aromatic N) is 3. The number of hydrogen-bond acceptors (Lipinski definition) is 4. The Morgan fingerprint density at radius 1 is 1.25 bits per heavy atom. The van der Waals surface area contributed by atoms with Gasteiger partial charge < -0.3 is 4.74 Å². The molecular weight excluding hydrogens is 278 g/mol. The van der Waals surface area contributed by atoms with Gasteiger partial charge in [-0.15, -0.1) is 0 Å². The Hall–Kier alpha value is -1.88. The van der Waals surface area contributed by atoms with Gasteiger partial charge in [0.1, 0.15) is 5.75 Å². The van der Waals surface area contributed by atoms with E-state index in [1.54, 1.807) is 45.3 Å². The van der Waals surface area contributed by atoms with E-state index in [9.17, 15) is 4.79 Å². The molecule has 0 aliphatic rings. The molecule has 0 unspecified atom stereocenters. The van der Waals surface area contributed by atoms with E-state index in [1.807, 2.05) is 6.92 Å². The highest BCUT2D eigenvalue weighted by molar-refractivity contribution is 6.33. The van der Waals surface area contributed by atoms with Crippen LogP contribution in [0.4, 0.5) is 0 Å². The van der Waals surface area contributed by atoms with Gasteiger partial charge >= 0.3 is 5.97 Å². The van der Waals surface area contributed by atoms with Gasteiger partial charge in [0, 0.05) is 0 Å². The Bertz CT molecular complexity index is 631. The number of aromatic nitrogens is 3. The van der Waals surface area contributed by atoms with Gasteiger partial charge in [-0.1, -0.05) is 11.6 Å². The van der Waals surface area contributed by atoms with Crippen molar-refractivity contribution in [2.45, 2.75) is 27.7 Å². The Morgan fingerprint density at radius 3 is 2.40 bits per heavy atom. The summed E-state index contributed by atoms with van der Waals surface area (Å²) in [5.74, 6) is 0.0174. The van der Waals surface area contributed by atoms with E-state index in [4.69, 9.17) is 16.3 Å². The number of carbonyl (C=O) groups excluding carboxylic acids is 1. The fourth-order valence-corrected chi connectivity index (χ4v) is 1.74. The largest absolute Gasteiger partial charge is 0.425 e. The van der Waals surface area contributed by atoms with E-state index in [2.05, 4.69) is 10.2 Å². The Kier molecular flexibility index (Phi) is 3.81. The highest BCUT2D eigenvalue weighted by Gasteiger charge is 2.25. The van der Waals surface area contributed by atoms with Gasteiger partial charge in [-0.3, -0.25) is 4.79 Å². The lowest BCUT2D eigenvalue weighted by Crippen LogP contribution is -2.25. The van der Waals surface area contributed by atoms with E-state index in [0.29, 0.717) is 10.8 Å². The summed E-state index contributed by atoms with van der Waals surface area (Å²) in [7, 11) is 0. The molecule has 20 heavy (non-hydrogen) atoms. The molecule has 1 aromatic carbocycles. The molecule has 0 bridgehead atoms. The molecule has 0 atom stereocenters. The third-order valence-electron chi connectivity index (χ3n) is 2.77. The van der Waals surface area contributed by atoms with E-state index >= 15 is 0 Å². The Balaban J connectivity index is 2.35. The average Bonchev–Trinajstić information content (AvgIpc) is 2.87. The number of esters is 1. The average molecular weight is 294 g/mol. The van der Waals surface area contributed by atoms with Crippen molar-refractivity contribution >= 4 is 17.6 Å². The van der Waals surface area contributed by atoms with Crippen LogP contribution >= 0.6 is 11.6 Å². The van der Waals surface area contributed by atoms with Gasteiger partial charge in [-0.05, 0) is 45.4 Å². The van der Waals surface area contributed by atoms with E-state index < -0.39 is 5.41 Å². The molecule has 0 saturated carbocycles. The fraction of sp³-hybridized carbons (Fsp3) is 0.357. The third-order valence-corrected chi connectivity index (χ3v) is 3.24. The predicted molar refractivity (Wildman–Crippen MR) is 76.2 cm³/mol. The highest BCUT2D eigenvalue weighted by Crippen LogP contribution is 2.32. The summed E-state index contributed by atoms with van der Waals surface area (Å²) in [5.41, 5.74) is 0.914. The maximum atomic E-state index is 11.9. The van der Waals surface area contributed by atoms with Crippen molar-refractivity contribution in [3.8, 4) is 11.4 Å². The predicted octanol–water partition coefficient (Wildman–Crippen LogP) is 3.18. The zero-order valence-electron chi connectivity index (χ0n) is 11.8. The van der Waals surface area contributed by atoms with Crippen molar-refractivity contribution in [3.05, 3.63) is 35.1 Å². The van der Waals surface area contributed by atoms with Crippen molar-refractivity contribution in [2.24, 2.45) is 5.41 Å². The van der Waals surface area contributed by atoms with Crippen LogP contribution in [-0.2, 0) is 4.79 Å². The Labute approximate surface area is 122 Å². The van der Waals surface area contributed by atoms with Crippen LogP contribution in [0.15, 0.2) is 24.5 Å². The van der Waals surface area contributed by atoms with Crippen molar-refractivity contribution in [1.29, 1.82) is 0 Å². The third kappa shape index (κ3) is 2.82. The Morgan fingerprint density at radius 2 is 1.85 bits per heavy atom. The van der Waals surface area contributed by atoms with Crippen LogP contribution in [0, 0.1) is 12.3 Å². The van der Waals surface area contributed by atoms with E-state index in [-0.39, 0.29) is 5.97 Å². The number of hydrogen-bond donors (Lipinski definition) is 0. The molecule has 0 N–H and O–H groups in total. The second-order valence-corrected chi connectivity index (χ2v) is 5.86. The lowest BCUT2D eigenvalue weighted by Gasteiger charge is -2.18. The van der Waals surface area contributed by atoms with Gasteiger partial charge in [0.2, 0.25) is 0 Å². The van der Waals surface area contributed by atoms with Crippen molar-refractivity contribution < 1.29 is 9.53 Å². The van der Waals surface area contributed by atoms with Crippen molar-refractivity contribution in [1.82, 2.24) is 15.0 Å². The molecule has 2 rings (SSSR count). The van der Waals surface area contributed by atoms with Crippen LogP contribution in [0.3, 0.4) is 0 Å². The van der Waals surface area contributed by atoms with Gasteiger partial charge in [-0.2, -0.15) is 15.0 Å². The minimum absolute atomic E-state index is 0.330. The second-order valence-electron chi connectivity index (χ2n) is 5.48. The normalized spacial score (nSPS) is 11.4. The zero-order valence-corrected chi connectivity index (χ0v) is 12.6. The summed E-state index contributed by atoms with van der Waals surface area (Å²) in [4.78, 5) is 13.4. The van der Waals surface area contributed by atoms with Crippen LogP contribution in [0.2, 0.25) is 5.02 Å². The molecular formula is C14H16ClN3O2. The first-order chi connectivity index (χ1) is 9.30. The molecule has 106 valence electrons. The standard InChI is InChI=1S/C14H16ClN3O2/c1-9-10(18-16-7-8-17-18)5-6-11(12(9)15)20-13(19)14(2,3)4/h5-8H,1-4H3. The van der Waals surface area contributed by atoms with Gasteiger partial charge in [0.05, 0.1) is 28.5 Å². The molecule has 6 heteroatoms. The zero-order chi connectivity index (χ0) is 14.9. The molecule has 2 aromatic rings. The number of ether oxygens (including phenoxy) is 1. The molecule has 0 amide bonds. The number of halogens is 1. The van der Waals surface area contributed by atoms with Crippen LogP contribution in [0.5, 0.6) is 5.75 Å². The van der Waals surface area contributed by atoms with Gasteiger partial charge in [0.15, 0.2) is 0 Å². The number of benzene rings is 1. The smallest absolute Gasteiger partial charge is 0.316 e. The molecule has 0 aliphatic heterocycles. The summed E-state index contributed by atoms with van der Waals surface area (Å²) in [6.45, 7) is 7.20. The molecule has 0 saturated heterocycles. The van der Waals surface area contributed by atoms with Crippen LogP contribution in [0.1, 0.15) is 26.3 Å². The molecule has 5 nitrogen and oxygen atoms in total. The summed E-state index contributed by atoms with van der Waals surface area (Å²) in [5, 5.41) is 8.50. The quantitative estimate of drug-likeness (QED) is 0.630. The molecule has 0 aliphatic carbocycles. The summed E-state index contributed by atoms with van der Waals surface area (Å²) in [6, 6.07) is 3.42. The number of rotatable bonds is 2. The van der Waals surface area contributed by atoms with Crippen molar-refractivity contribution in [3.63, 3.8) is 0 Å². The maximum absolute atomic E-state index is 11.9. The molecule has 1 heterocycles. The van der Waals surface area contributed by atoms with E-state index in [1.165, 1.54) is 4.80 Å². The maximum Gasteiger partial charge on any atom is 0.316 e. The highest BCUT2D eigenvalue weighted by atomic mass is 35.5. The summed E-state index contributed by atoms with van der Waals surface area (Å²) < 4.78 is 5.34. The van der Waals surface area contributed by atoms with Crippen molar-refractivity contribution in [2.75, 3.05) is 0 Å². The van der Waals surface area contributed by atoms with Crippen LogP contribution in [-0.4, -0.2) is 21.0 Å². The SMILES string of the molecule is Cc1c(-n2nccn2)ccc(OC(=O)C(C)(C)C)c1Cl. The second kappa shape index (κ2) is 5.25. The minimum Gasteiger partial charge on any atom is -0.425 e. The summed E-state index contributed by atoms with van der Waals surface area (Å²) in [6.07, 6.45) is 3.17. The van der Waals surface area contributed by atoms with Crippen LogP contribution < -0.4 is 4.74 Å². The topological polar surface area (TPSA) is 57.0 Å². The molecule has 0 spiro atoms. The molecule has 1 aromatic heterocycles. The lowest BCUT2D eigenvalue weighted by atomic mass is 9.97. The van der Waals surface area contributed by atoms with E-state index in [0.717, 1.165) is 11.3 Å². The first-order valence-corrected chi connectivity index (χ1v) is 6.56. The first-order valence-electron chi connectivity index (χ1n) is 6.19. The van der Waals surface area contributed by atoms with Gasteiger partial charge in [0.25, 0.3) is 0 Å². The fourth-order valence-electron chi connectivity index (χ4n) is 1.54. The minimum atomic E-state index is -0.584. The lowest BCUT2D eigenvalue weighted by molar-refractivity contribution is -0.142. The number of carbonyl (C=O) groups is 1. The summed E-state index contributed by atoms with van der Waals surface area (Å²) >= 11 is 6.26. The molecule has 0 radical (unpaired) electrons. The van der Waals surface area contributed by atoms with Crippen LogP contribution in [0.25, 0.3) is 5.69 Å². The first kappa shape index (κ1) is 14.5. The monoisotopic (exact) mass is 293 g/mol. The molecule has 0 fully saturated rings.